The fourth-order valence-corrected chi connectivity index (χ4v) is 2.92. The fourth-order valence-electron chi connectivity index (χ4n) is 2.92. The van der Waals surface area contributed by atoms with Crippen LogP contribution in [0.2, 0.25) is 0 Å². The second-order valence-electron chi connectivity index (χ2n) is 6.24. The molecule has 0 radical (unpaired) electrons. The number of amides is 2. The minimum Gasteiger partial charge on any atom is -0.481 e. The van der Waals surface area contributed by atoms with E-state index in [2.05, 4.69) is 6.58 Å². The highest BCUT2D eigenvalue weighted by molar-refractivity contribution is 5.75. The number of carboxylic acid groups (broad SMARTS) is 1. The number of nitrogens with zero attached hydrogens (tertiary/aromatic N) is 2. The van der Waals surface area contributed by atoms with Gasteiger partial charge in [0.1, 0.15) is 0 Å². The summed E-state index contributed by atoms with van der Waals surface area (Å²) in [5, 5.41) is 8.92. The van der Waals surface area contributed by atoms with Crippen LogP contribution in [0.4, 0.5) is 4.79 Å². The summed E-state index contributed by atoms with van der Waals surface area (Å²) < 4.78 is 0. The lowest BCUT2D eigenvalue weighted by Crippen LogP contribution is -2.50. The van der Waals surface area contributed by atoms with Crippen LogP contribution in [0.3, 0.4) is 0 Å². The normalized spacial score (nSPS) is 20.2. The van der Waals surface area contributed by atoms with Crippen molar-refractivity contribution in [1.82, 2.24) is 9.80 Å². The van der Waals surface area contributed by atoms with E-state index in [1.54, 1.807) is 11.0 Å². The predicted molar refractivity (Wildman–Crippen MR) is 83.1 cm³/mol. The molecule has 0 aromatic rings. The van der Waals surface area contributed by atoms with Crippen molar-refractivity contribution in [2.45, 2.75) is 46.1 Å². The van der Waals surface area contributed by atoms with Crippen LogP contribution in [0.5, 0.6) is 0 Å². The zero-order valence-electron chi connectivity index (χ0n) is 13.4. The standard InChI is InChI=1S/C16H28N2O3/c1-5-8-18(12(2)3)16(21)17-9-6-7-14(11-17)13(4)10-15(19)20/h5,12-14H,1,6-11H2,2-4H3,(H,19,20). The van der Waals surface area contributed by atoms with E-state index >= 15 is 0 Å². The van der Waals surface area contributed by atoms with Crippen LogP contribution < -0.4 is 0 Å². The Balaban J connectivity index is 2.68. The van der Waals surface area contributed by atoms with Gasteiger partial charge >= 0.3 is 12.0 Å². The van der Waals surface area contributed by atoms with Crippen LogP contribution in [-0.4, -0.2) is 52.6 Å². The molecular weight excluding hydrogens is 268 g/mol. The molecule has 21 heavy (non-hydrogen) atoms. The van der Waals surface area contributed by atoms with Gasteiger partial charge in [0.25, 0.3) is 0 Å². The molecule has 0 bridgehead atoms. The Morgan fingerprint density at radius 1 is 1.43 bits per heavy atom. The van der Waals surface area contributed by atoms with Crippen molar-refractivity contribution in [3.05, 3.63) is 12.7 Å². The van der Waals surface area contributed by atoms with Gasteiger partial charge in [0, 0.05) is 32.1 Å². The maximum atomic E-state index is 12.6. The van der Waals surface area contributed by atoms with E-state index in [0.29, 0.717) is 13.1 Å². The third kappa shape index (κ3) is 5.06. The van der Waals surface area contributed by atoms with Gasteiger partial charge in [0.05, 0.1) is 0 Å². The van der Waals surface area contributed by atoms with Crippen LogP contribution in [0.25, 0.3) is 0 Å². The maximum absolute atomic E-state index is 12.6. The summed E-state index contributed by atoms with van der Waals surface area (Å²) in [6, 6.07) is 0.171. The smallest absolute Gasteiger partial charge is 0.320 e. The summed E-state index contributed by atoms with van der Waals surface area (Å²) in [6.07, 6.45) is 3.86. The molecule has 1 heterocycles. The lowest BCUT2D eigenvalue weighted by molar-refractivity contribution is -0.138. The number of hydrogen-bond acceptors (Lipinski definition) is 2. The molecule has 5 heteroatoms. The number of rotatable bonds is 6. The summed E-state index contributed by atoms with van der Waals surface area (Å²) in [5.41, 5.74) is 0. The molecule has 2 atom stereocenters. The Morgan fingerprint density at radius 2 is 2.10 bits per heavy atom. The molecule has 0 aliphatic carbocycles. The van der Waals surface area contributed by atoms with E-state index in [-0.39, 0.29) is 30.3 Å². The number of aliphatic carboxylic acids is 1. The average molecular weight is 296 g/mol. The van der Waals surface area contributed by atoms with Gasteiger partial charge in [-0.3, -0.25) is 4.79 Å². The number of urea groups is 1. The quantitative estimate of drug-likeness (QED) is 0.767. The van der Waals surface area contributed by atoms with Gasteiger partial charge in [-0.1, -0.05) is 13.0 Å². The highest BCUT2D eigenvalue weighted by atomic mass is 16.4. The lowest BCUT2D eigenvalue weighted by atomic mass is 9.85. The van der Waals surface area contributed by atoms with Crippen molar-refractivity contribution < 1.29 is 14.7 Å². The molecule has 2 amide bonds. The topological polar surface area (TPSA) is 60.9 Å². The van der Waals surface area contributed by atoms with Gasteiger partial charge in [-0.05, 0) is 38.5 Å². The first-order chi connectivity index (χ1) is 9.86. The van der Waals surface area contributed by atoms with Crippen LogP contribution in [0.15, 0.2) is 12.7 Å². The molecule has 1 fully saturated rings. The van der Waals surface area contributed by atoms with Crippen LogP contribution in [-0.2, 0) is 4.79 Å². The summed E-state index contributed by atoms with van der Waals surface area (Å²) in [4.78, 5) is 27.1. The van der Waals surface area contributed by atoms with Crippen molar-refractivity contribution in [2.24, 2.45) is 11.8 Å². The highest BCUT2D eigenvalue weighted by Gasteiger charge is 2.30. The fraction of sp³-hybridized carbons (Fsp3) is 0.750. The molecule has 0 aromatic heterocycles. The number of carboxylic acids is 1. The van der Waals surface area contributed by atoms with Crippen LogP contribution in [0, 0.1) is 11.8 Å². The average Bonchev–Trinajstić information content (AvgIpc) is 2.43. The molecule has 1 saturated heterocycles. The van der Waals surface area contributed by atoms with Gasteiger partial charge in [0.15, 0.2) is 0 Å². The monoisotopic (exact) mass is 296 g/mol. The minimum atomic E-state index is -0.763. The van der Waals surface area contributed by atoms with E-state index in [0.717, 1.165) is 19.4 Å². The first-order valence-electron chi connectivity index (χ1n) is 7.75. The Bertz CT molecular complexity index is 382. The molecule has 0 spiro atoms. The Hall–Kier alpha value is -1.52. The molecule has 1 aliphatic rings. The Morgan fingerprint density at radius 3 is 2.62 bits per heavy atom. The first kappa shape index (κ1) is 17.5. The highest BCUT2D eigenvalue weighted by Crippen LogP contribution is 2.27. The molecule has 1 rings (SSSR count). The van der Waals surface area contributed by atoms with E-state index in [1.807, 2.05) is 25.7 Å². The van der Waals surface area contributed by atoms with E-state index in [1.165, 1.54) is 0 Å². The zero-order chi connectivity index (χ0) is 16.0. The summed E-state index contributed by atoms with van der Waals surface area (Å²) in [5.74, 6) is -0.386. The molecule has 1 N–H and O–H groups in total. The number of carbonyl (C=O) groups excluding carboxylic acids is 1. The minimum absolute atomic E-state index is 0.0390. The van der Waals surface area contributed by atoms with E-state index in [4.69, 9.17) is 5.11 Å². The Labute approximate surface area is 127 Å². The second-order valence-corrected chi connectivity index (χ2v) is 6.24. The SMILES string of the molecule is C=CCN(C(=O)N1CCCC(C(C)CC(=O)O)C1)C(C)C. The van der Waals surface area contributed by atoms with Crippen molar-refractivity contribution in [2.75, 3.05) is 19.6 Å². The van der Waals surface area contributed by atoms with Gasteiger partial charge in [-0.2, -0.15) is 0 Å². The summed E-state index contributed by atoms with van der Waals surface area (Å²) in [7, 11) is 0. The molecular formula is C16H28N2O3. The van der Waals surface area contributed by atoms with Crippen molar-refractivity contribution in [1.29, 1.82) is 0 Å². The Kier molecular flexibility index (Phi) is 6.72. The lowest BCUT2D eigenvalue weighted by Gasteiger charge is -2.39. The number of carbonyl (C=O) groups is 2. The third-order valence-electron chi connectivity index (χ3n) is 4.22. The maximum Gasteiger partial charge on any atom is 0.320 e. The zero-order valence-corrected chi connectivity index (χ0v) is 13.4. The molecule has 0 aromatic carbocycles. The van der Waals surface area contributed by atoms with Gasteiger partial charge in [-0.15, -0.1) is 6.58 Å². The van der Waals surface area contributed by atoms with Crippen molar-refractivity contribution in [3.63, 3.8) is 0 Å². The van der Waals surface area contributed by atoms with Crippen molar-refractivity contribution in [3.8, 4) is 0 Å². The largest absolute Gasteiger partial charge is 0.481 e. The van der Waals surface area contributed by atoms with Crippen molar-refractivity contribution >= 4 is 12.0 Å². The van der Waals surface area contributed by atoms with E-state index in [9.17, 15) is 9.59 Å². The number of hydrogen-bond donors (Lipinski definition) is 1. The molecule has 1 aliphatic heterocycles. The summed E-state index contributed by atoms with van der Waals surface area (Å²) >= 11 is 0. The first-order valence-corrected chi connectivity index (χ1v) is 7.75. The van der Waals surface area contributed by atoms with Gasteiger partial charge < -0.3 is 14.9 Å². The predicted octanol–water partition coefficient (Wildman–Crippen LogP) is 2.83. The molecule has 5 nitrogen and oxygen atoms in total. The van der Waals surface area contributed by atoms with Crippen LogP contribution in [0.1, 0.15) is 40.0 Å². The van der Waals surface area contributed by atoms with Gasteiger partial charge in [0.2, 0.25) is 0 Å². The van der Waals surface area contributed by atoms with E-state index < -0.39 is 5.97 Å². The third-order valence-corrected chi connectivity index (χ3v) is 4.22. The second kappa shape index (κ2) is 8.05. The van der Waals surface area contributed by atoms with Crippen LogP contribution >= 0.6 is 0 Å². The summed E-state index contributed by atoms with van der Waals surface area (Å²) in [6.45, 7) is 11.6. The number of likely N-dealkylation sites (tertiary alicyclic amines) is 1. The molecule has 120 valence electrons. The molecule has 2 unspecified atom stereocenters. The molecule has 0 saturated carbocycles. The number of piperidine rings is 1. The van der Waals surface area contributed by atoms with Gasteiger partial charge in [-0.25, -0.2) is 4.79 Å².